The molecule has 15 heavy (non-hydrogen) atoms. The summed E-state index contributed by atoms with van der Waals surface area (Å²) >= 11 is 0. The zero-order valence-corrected chi connectivity index (χ0v) is 9.20. The normalized spacial score (nSPS) is 14.9. The average Bonchev–Trinajstić information content (AvgIpc) is 2.29. The molecule has 0 spiro atoms. The van der Waals surface area contributed by atoms with E-state index >= 15 is 0 Å². The van der Waals surface area contributed by atoms with Crippen LogP contribution in [0.2, 0.25) is 0 Å². The Labute approximate surface area is 90.9 Å². The Morgan fingerprint density at radius 3 is 3.07 bits per heavy atom. The van der Waals surface area contributed by atoms with E-state index in [4.69, 9.17) is 0 Å². The number of benzene rings is 1. The van der Waals surface area contributed by atoms with Crippen LogP contribution < -0.4 is 4.90 Å². The van der Waals surface area contributed by atoms with Gasteiger partial charge in [-0.05, 0) is 43.0 Å². The summed E-state index contributed by atoms with van der Waals surface area (Å²) in [6, 6.07) is 6.04. The van der Waals surface area contributed by atoms with Crippen LogP contribution >= 0.6 is 0 Å². The van der Waals surface area contributed by atoms with E-state index in [9.17, 15) is 4.79 Å². The maximum absolute atomic E-state index is 10.7. The fourth-order valence-electron chi connectivity index (χ4n) is 2.27. The third-order valence-corrected chi connectivity index (χ3v) is 2.95. The first kappa shape index (κ1) is 10.2. The van der Waals surface area contributed by atoms with Gasteiger partial charge in [0.15, 0.2) is 0 Å². The van der Waals surface area contributed by atoms with Gasteiger partial charge in [-0.2, -0.15) is 0 Å². The summed E-state index contributed by atoms with van der Waals surface area (Å²) in [6.45, 7) is 4.47. The summed E-state index contributed by atoms with van der Waals surface area (Å²) < 4.78 is 0. The highest BCUT2D eigenvalue weighted by molar-refractivity contribution is 5.77. The fourth-order valence-corrected chi connectivity index (χ4v) is 2.27. The van der Waals surface area contributed by atoms with Gasteiger partial charge in [0.05, 0.1) is 0 Å². The molecule has 0 unspecified atom stereocenters. The van der Waals surface area contributed by atoms with Crippen LogP contribution in [0.15, 0.2) is 18.2 Å². The highest BCUT2D eigenvalue weighted by Crippen LogP contribution is 2.27. The molecule has 0 N–H and O–H groups in total. The molecule has 0 bridgehead atoms. The summed E-state index contributed by atoms with van der Waals surface area (Å²) in [4.78, 5) is 13.1. The van der Waals surface area contributed by atoms with Crippen molar-refractivity contribution in [1.82, 2.24) is 0 Å². The van der Waals surface area contributed by atoms with Gasteiger partial charge in [0.2, 0.25) is 0 Å². The predicted octanol–water partition coefficient (Wildman–Crippen LogP) is 2.66. The Balaban J connectivity index is 2.31. The number of carbonyl (C=O) groups excluding carboxylic acids is 1. The molecular formula is C13H17NO. The predicted molar refractivity (Wildman–Crippen MR) is 62.7 cm³/mol. The van der Waals surface area contributed by atoms with Crippen LogP contribution in [0.3, 0.4) is 0 Å². The van der Waals surface area contributed by atoms with Crippen LogP contribution in [0, 0.1) is 0 Å². The molecule has 0 saturated carbocycles. The summed E-state index contributed by atoms with van der Waals surface area (Å²) in [7, 11) is 0. The van der Waals surface area contributed by atoms with Crippen molar-refractivity contribution in [3.63, 3.8) is 0 Å². The molecule has 1 aromatic carbocycles. The molecule has 1 aliphatic heterocycles. The number of hydrogen-bond donors (Lipinski definition) is 0. The summed E-state index contributed by atoms with van der Waals surface area (Å²) in [6.07, 6.45) is 4.42. The van der Waals surface area contributed by atoms with Crippen LogP contribution in [0.4, 0.5) is 5.69 Å². The van der Waals surface area contributed by atoms with Gasteiger partial charge in [-0.1, -0.05) is 6.92 Å². The molecule has 0 amide bonds. The highest BCUT2D eigenvalue weighted by Gasteiger charge is 2.15. The van der Waals surface area contributed by atoms with Gasteiger partial charge < -0.3 is 4.90 Å². The van der Waals surface area contributed by atoms with Crippen molar-refractivity contribution in [2.75, 3.05) is 18.0 Å². The van der Waals surface area contributed by atoms with E-state index in [1.54, 1.807) is 0 Å². The minimum atomic E-state index is 0.798. The van der Waals surface area contributed by atoms with Crippen LogP contribution in [-0.4, -0.2) is 19.4 Å². The molecule has 0 aromatic heterocycles. The van der Waals surface area contributed by atoms with Crippen molar-refractivity contribution < 1.29 is 4.79 Å². The molecule has 0 radical (unpaired) electrons. The molecule has 80 valence electrons. The first-order valence-electron chi connectivity index (χ1n) is 5.68. The Morgan fingerprint density at radius 2 is 2.33 bits per heavy atom. The zero-order valence-electron chi connectivity index (χ0n) is 9.20. The number of nitrogens with zero attached hydrogens (tertiary/aromatic N) is 1. The fraction of sp³-hybridized carbons (Fsp3) is 0.462. The first-order valence-corrected chi connectivity index (χ1v) is 5.68. The van der Waals surface area contributed by atoms with Crippen molar-refractivity contribution in [3.8, 4) is 0 Å². The van der Waals surface area contributed by atoms with Gasteiger partial charge in [0.1, 0.15) is 6.29 Å². The van der Waals surface area contributed by atoms with Gasteiger partial charge in [-0.3, -0.25) is 4.79 Å². The van der Waals surface area contributed by atoms with E-state index in [0.29, 0.717) is 0 Å². The number of anilines is 1. The molecular weight excluding hydrogens is 186 g/mol. The second-order valence-corrected chi connectivity index (χ2v) is 4.10. The third-order valence-electron chi connectivity index (χ3n) is 2.95. The lowest BCUT2D eigenvalue weighted by molar-refractivity contribution is 0.112. The molecule has 0 saturated heterocycles. The summed E-state index contributed by atoms with van der Waals surface area (Å²) in [5, 5.41) is 0. The highest BCUT2D eigenvalue weighted by atomic mass is 16.1. The van der Waals surface area contributed by atoms with E-state index in [-0.39, 0.29) is 0 Å². The number of fused-ring (bicyclic) bond motifs is 1. The maximum atomic E-state index is 10.7. The molecule has 1 heterocycles. The van der Waals surface area contributed by atoms with Crippen molar-refractivity contribution in [2.24, 2.45) is 0 Å². The van der Waals surface area contributed by atoms with Crippen molar-refractivity contribution in [3.05, 3.63) is 29.3 Å². The van der Waals surface area contributed by atoms with Gasteiger partial charge in [-0.25, -0.2) is 0 Å². The first-order chi connectivity index (χ1) is 7.35. The Kier molecular flexibility index (Phi) is 3.05. The molecule has 2 rings (SSSR count). The molecule has 2 nitrogen and oxygen atoms in total. The average molecular weight is 203 g/mol. The quantitative estimate of drug-likeness (QED) is 0.704. The third kappa shape index (κ3) is 2.04. The molecule has 0 fully saturated rings. The van der Waals surface area contributed by atoms with E-state index < -0.39 is 0 Å². The minimum absolute atomic E-state index is 0.798. The summed E-state index contributed by atoms with van der Waals surface area (Å²) in [5.74, 6) is 0. The largest absolute Gasteiger partial charge is 0.371 e. The van der Waals surface area contributed by atoms with Crippen molar-refractivity contribution in [2.45, 2.75) is 26.2 Å². The van der Waals surface area contributed by atoms with Crippen LogP contribution in [-0.2, 0) is 6.42 Å². The second-order valence-electron chi connectivity index (χ2n) is 4.10. The van der Waals surface area contributed by atoms with Gasteiger partial charge in [0.25, 0.3) is 0 Å². The van der Waals surface area contributed by atoms with Crippen molar-refractivity contribution >= 4 is 12.0 Å². The molecule has 1 aliphatic rings. The smallest absolute Gasteiger partial charge is 0.150 e. The lowest BCUT2D eigenvalue weighted by atomic mass is 9.99. The number of aldehydes is 1. The number of carbonyl (C=O) groups is 1. The van der Waals surface area contributed by atoms with Gasteiger partial charge in [0, 0.05) is 24.3 Å². The number of aryl methyl sites for hydroxylation is 1. The van der Waals surface area contributed by atoms with Gasteiger partial charge >= 0.3 is 0 Å². The van der Waals surface area contributed by atoms with E-state index in [1.165, 1.54) is 24.1 Å². The van der Waals surface area contributed by atoms with Crippen LogP contribution in [0.5, 0.6) is 0 Å². The topological polar surface area (TPSA) is 20.3 Å². The lowest BCUT2D eigenvalue weighted by Gasteiger charge is -2.31. The second kappa shape index (κ2) is 4.47. The molecule has 0 aliphatic carbocycles. The van der Waals surface area contributed by atoms with Gasteiger partial charge in [-0.15, -0.1) is 0 Å². The summed E-state index contributed by atoms with van der Waals surface area (Å²) in [5.41, 5.74) is 3.46. The number of rotatable bonds is 3. The zero-order chi connectivity index (χ0) is 10.7. The monoisotopic (exact) mass is 203 g/mol. The molecule has 0 atom stereocenters. The Bertz CT molecular complexity index is 360. The lowest BCUT2D eigenvalue weighted by Crippen LogP contribution is -2.29. The van der Waals surface area contributed by atoms with E-state index in [1.807, 2.05) is 12.1 Å². The maximum Gasteiger partial charge on any atom is 0.150 e. The van der Waals surface area contributed by atoms with E-state index in [2.05, 4.69) is 17.9 Å². The van der Waals surface area contributed by atoms with Crippen molar-refractivity contribution in [1.29, 1.82) is 0 Å². The Hall–Kier alpha value is -1.31. The van der Waals surface area contributed by atoms with Crippen LogP contribution in [0.1, 0.15) is 35.7 Å². The number of hydrogen-bond acceptors (Lipinski definition) is 2. The van der Waals surface area contributed by atoms with Crippen LogP contribution in [0.25, 0.3) is 0 Å². The van der Waals surface area contributed by atoms with E-state index in [0.717, 1.165) is 31.4 Å². The molecule has 1 aromatic rings. The molecule has 2 heteroatoms. The Morgan fingerprint density at radius 1 is 1.47 bits per heavy atom. The standard InChI is InChI=1S/C13H17NO/c1-2-7-14-8-3-4-12-9-11(10-15)5-6-13(12)14/h5-6,9-10H,2-4,7-8H2,1H3. The SMILES string of the molecule is CCCN1CCCc2cc(C=O)ccc21. The minimum Gasteiger partial charge on any atom is -0.371 e.